The summed E-state index contributed by atoms with van der Waals surface area (Å²) in [6.45, 7) is 5.41. The maximum Gasteiger partial charge on any atom is 0.264 e. The van der Waals surface area contributed by atoms with Crippen LogP contribution in [0.3, 0.4) is 0 Å². The number of rotatable bonds is 13. The molecule has 3 rings (SSSR count). The van der Waals surface area contributed by atoms with E-state index in [2.05, 4.69) is 5.32 Å². The van der Waals surface area contributed by atoms with Crippen LogP contribution in [-0.2, 0) is 26.2 Å². The van der Waals surface area contributed by atoms with E-state index >= 15 is 0 Å². The van der Waals surface area contributed by atoms with Crippen LogP contribution in [0, 0.1) is 5.82 Å². The summed E-state index contributed by atoms with van der Waals surface area (Å²) in [5.41, 5.74) is 0.926. The molecule has 0 saturated carbocycles. The number of ether oxygens (including phenoxy) is 2. The number of hydrogen-bond donors (Lipinski definition) is 1. The normalized spacial score (nSPS) is 11.8. The van der Waals surface area contributed by atoms with Crippen LogP contribution in [0.25, 0.3) is 0 Å². The number of sulfonamides is 1. The lowest BCUT2D eigenvalue weighted by Crippen LogP contribution is -2.51. The highest BCUT2D eigenvalue weighted by atomic mass is 32.2. The second-order valence-corrected chi connectivity index (χ2v) is 10.7. The minimum atomic E-state index is -4.30. The van der Waals surface area contributed by atoms with Crippen molar-refractivity contribution in [1.82, 2.24) is 10.2 Å². The summed E-state index contributed by atoms with van der Waals surface area (Å²) in [5, 5.41) is 2.72. The zero-order chi connectivity index (χ0) is 29.3. The number of amides is 2. The predicted molar refractivity (Wildman–Crippen MR) is 150 cm³/mol. The lowest BCUT2D eigenvalue weighted by Gasteiger charge is -2.32. The average Bonchev–Trinajstić information content (AvgIpc) is 2.95. The smallest absolute Gasteiger partial charge is 0.264 e. The number of halogens is 1. The van der Waals surface area contributed by atoms with E-state index in [4.69, 9.17) is 9.47 Å². The van der Waals surface area contributed by atoms with Gasteiger partial charge < -0.3 is 19.7 Å². The number of hydrogen-bond acceptors (Lipinski definition) is 6. The summed E-state index contributed by atoms with van der Waals surface area (Å²) in [5.74, 6) is -0.412. The molecule has 1 N–H and O–H groups in total. The van der Waals surface area contributed by atoms with Gasteiger partial charge in [0, 0.05) is 13.1 Å². The van der Waals surface area contributed by atoms with E-state index < -0.39 is 34.3 Å². The monoisotopic (exact) mass is 571 g/mol. The van der Waals surface area contributed by atoms with Crippen LogP contribution < -0.4 is 19.1 Å². The van der Waals surface area contributed by atoms with Gasteiger partial charge in [0.05, 0.1) is 24.3 Å². The average molecular weight is 572 g/mol. The van der Waals surface area contributed by atoms with Gasteiger partial charge >= 0.3 is 0 Å². The van der Waals surface area contributed by atoms with E-state index in [1.807, 2.05) is 6.92 Å². The molecule has 0 aliphatic rings. The molecule has 9 nitrogen and oxygen atoms in total. The number of carbonyl (C=O) groups is 2. The number of carbonyl (C=O) groups excluding carboxylic acids is 2. The van der Waals surface area contributed by atoms with Crippen molar-refractivity contribution >= 4 is 27.5 Å². The van der Waals surface area contributed by atoms with Gasteiger partial charge in [0.2, 0.25) is 11.8 Å². The van der Waals surface area contributed by atoms with Crippen LogP contribution >= 0.6 is 0 Å². The highest BCUT2D eigenvalue weighted by Gasteiger charge is 2.32. The summed E-state index contributed by atoms with van der Waals surface area (Å²) in [6.07, 6.45) is 0. The van der Waals surface area contributed by atoms with Crippen molar-refractivity contribution in [3.05, 3.63) is 84.2 Å². The molecule has 0 bridgehead atoms. The largest absolute Gasteiger partial charge is 0.497 e. The number of methoxy groups -OCH3 is 1. The van der Waals surface area contributed by atoms with Gasteiger partial charge in [-0.3, -0.25) is 13.9 Å². The fourth-order valence-electron chi connectivity index (χ4n) is 3.97. The topological polar surface area (TPSA) is 105 Å². The zero-order valence-corrected chi connectivity index (χ0v) is 23.8. The molecule has 0 heterocycles. The van der Waals surface area contributed by atoms with Crippen molar-refractivity contribution < 1.29 is 31.9 Å². The lowest BCUT2D eigenvalue weighted by molar-refractivity contribution is -0.139. The molecule has 11 heteroatoms. The van der Waals surface area contributed by atoms with E-state index in [1.54, 1.807) is 57.4 Å². The summed E-state index contributed by atoms with van der Waals surface area (Å²) in [7, 11) is -2.76. The Balaban J connectivity index is 2.02. The van der Waals surface area contributed by atoms with E-state index in [0.717, 1.165) is 34.1 Å². The Morgan fingerprint density at radius 1 is 0.925 bits per heavy atom. The number of nitrogens with one attached hydrogen (secondary N) is 1. The molecule has 3 aromatic carbocycles. The first-order chi connectivity index (χ1) is 19.1. The third kappa shape index (κ3) is 7.50. The highest BCUT2D eigenvalue weighted by Crippen LogP contribution is 2.27. The molecule has 40 heavy (non-hydrogen) atoms. The Morgan fingerprint density at radius 2 is 1.52 bits per heavy atom. The minimum absolute atomic E-state index is 0.0504. The molecule has 0 unspecified atom stereocenters. The van der Waals surface area contributed by atoms with Gasteiger partial charge in [0.1, 0.15) is 29.9 Å². The van der Waals surface area contributed by atoms with Gasteiger partial charge in [0.15, 0.2) is 0 Å². The van der Waals surface area contributed by atoms with Gasteiger partial charge in [0.25, 0.3) is 10.0 Å². The zero-order valence-electron chi connectivity index (χ0n) is 23.0. The first-order valence-electron chi connectivity index (χ1n) is 12.8. The van der Waals surface area contributed by atoms with Crippen molar-refractivity contribution in [2.45, 2.75) is 38.3 Å². The van der Waals surface area contributed by atoms with Crippen LogP contribution in [0.5, 0.6) is 11.5 Å². The molecular formula is C29H34FN3O6S. The summed E-state index contributed by atoms with van der Waals surface area (Å²) in [4.78, 5) is 27.8. The molecule has 0 radical (unpaired) electrons. The van der Waals surface area contributed by atoms with Crippen molar-refractivity contribution in [3.8, 4) is 11.5 Å². The number of anilines is 1. The molecule has 0 fully saturated rings. The molecule has 0 aliphatic heterocycles. The molecule has 214 valence electrons. The van der Waals surface area contributed by atoms with Crippen molar-refractivity contribution in [3.63, 3.8) is 0 Å². The van der Waals surface area contributed by atoms with Crippen LogP contribution in [0.4, 0.5) is 10.1 Å². The second-order valence-electron chi connectivity index (χ2n) is 8.83. The first-order valence-corrected chi connectivity index (χ1v) is 14.3. The van der Waals surface area contributed by atoms with Gasteiger partial charge in [-0.15, -0.1) is 0 Å². The molecule has 0 aromatic heterocycles. The Bertz CT molecular complexity index is 1380. The number of benzene rings is 3. The number of nitrogens with zero attached hydrogens (tertiary/aromatic N) is 2. The standard InChI is InChI=1S/C29H34FN3O6S/c1-5-31-29(35)21(3)32(19-22-7-13-25(38-4)14-8-22)28(34)20-33(24-11-15-26(16-12-24)39-6-2)40(36,37)27-17-9-23(30)10-18-27/h7-18,21H,5-6,19-20H2,1-4H3,(H,31,35)/t21-/m1/s1. The second kappa shape index (κ2) is 13.8. The maximum absolute atomic E-state index is 13.8. The third-order valence-corrected chi connectivity index (χ3v) is 7.93. The SMILES string of the molecule is CCNC(=O)[C@@H](C)N(Cc1ccc(OC)cc1)C(=O)CN(c1ccc(OCC)cc1)S(=O)(=O)c1ccc(F)cc1. The van der Waals surface area contributed by atoms with E-state index in [0.29, 0.717) is 24.7 Å². The Morgan fingerprint density at radius 3 is 2.08 bits per heavy atom. The number of likely N-dealkylation sites (N-methyl/N-ethyl adjacent to an activating group) is 1. The van der Waals surface area contributed by atoms with Gasteiger partial charge in [-0.05, 0) is 87.0 Å². The van der Waals surface area contributed by atoms with Crippen LogP contribution in [-0.4, -0.2) is 58.0 Å². The maximum atomic E-state index is 13.8. The molecule has 0 aliphatic carbocycles. The summed E-state index contributed by atoms with van der Waals surface area (Å²) < 4.78 is 52.7. The van der Waals surface area contributed by atoms with Crippen molar-refractivity contribution in [1.29, 1.82) is 0 Å². The molecule has 1 atom stereocenters. The Labute approximate surface area is 234 Å². The highest BCUT2D eigenvalue weighted by molar-refractivity contribution is 7.92. The van der Waals surface area contributed by atoms with E-state index in [9.17, 15) is 22.4 Å². The molecule has 0 saturated heterocycles. The first kappa shape index (κ1) is 30.4. The lowest BCUT2D eigenvalue weighted by atomic mass is 10.1. The predicted octanol–water partition coefficient (Wildman–Crippen LogP) is 3.98. The van der Waals surface area contributed by atoms with Gasteiger partial charge in [-0.2, -0.15) is 0 Å². The van der Waals surface area contributed by atoms with Crippen LogP contribution in [0.1, 0.15) is 26.3 Å². The Hall–Kier alpha value is -4.12. The minimum Gasteiger partial charge on any atom is -0.497 e. The summed E-state index contributed by atoms with van der Waals surface area (Å²) >= 11 is 0. The van der Waals surface area contributed by atoms with Gasteiger partial charge in [-0.25, -0.2) is 12.8 Å². The van der Waals surface area contributed by atoms with E-state index in [1.165, 1.54) is 17.0 Å². The molecular weight excluding hydrogens is 537 g/mol. The molecule has 2 amide bonds. The Kier molecular flexibility index (Phi) is 10.5. The van der Waals surface area contributed by atoms with Crippen LogP contribution in [0.15, 0.2) is 77.7 Å². The fraction of sp³-hybridized carbons (Fsp3) is 0.310. The fourth-order valence-corrected chi connectivity index (χ4v) is 5.38. The van der Waals surface area contributed by atoms with Crippen LogP contribution in [0.2, 0.25) is 0 Å². The van der Waals surface area contributed by atoms with E-state index in [-0.39, 0.29) is 23.0 Å². The quantitative estimate of drug-likeness (QED) is 0.333. The third-order valence-electron chi connectivity index (χ3n) is 6.15. The van der Waals surface area contributed by atoms with Gasteiger partial charge in [-0.1, -0.05) is 12.1 Å². The summed E-state index contributed by atoms with van der Waals surface area (Å²) in [6, 6.07) is 16.7. The van der Waals surface area contributed by atoms with Crippen molar-refractivity contribution in [2.75, 3.05) is 31.1 Å². The molecule has 0 spiro atoms. The molecule has 3 aromatic rings. The van der Waals surface area contributed by atoms with Crippen molar-refractivity contribution in [2.24, 2.45) is 0 Å².